The summed E-state index contributed by atoms with van der Waals surface area (Å²) < 4.78 is 104. The highest BCUT2D eigenvalue weighted by Gasteiger charge is 2.50. The quantitative estimate of drug-likeness (QED) is 0.378. The number of halogens is 6. The predicted octanol–water partition coefficient (Wildman–Crippen LogP) is 4.79. The number of aryl methyl sites for hydroxylation is 1. The molecule has 1 aromatic carbocycles. The summed E-state index contributed by atoms with van der Waals surface area (Å²) in [6, 6.07) is 0.580. The van der Waals surface area contributed by atoms with E-state index in [2.05, 4.69) is 20.3 Å². The second kappa shape index (κ2) is 10.5. The van der Waals surface area contributed by atoms with E-state index in [9.17, 15) is 17.6 Å². The normalized spacial score (nSPS) is 28.7. The molecular weight excluding hydrogens is 616 g/mol. The molecule has 8 rings (SSSR count). The summed E-state index contributed by atoms with van der Waals surface area (Å²) in [5.41, 5.74) is 1.30. The van der Waals surface area contributed by atoms with Gasteiger partial charge in [-0.25, -0.2) is 18.2 Å². The van der Waals surface area contributed by atoms with Crippen LogP contribution in [0.2, 0.25) is 0 Å². The van der Waals surface area contributed by atoms with Crippen molar-refractivity contribution in [3.05, 3.63) is 28.8 Å². The first-order chi connectivity index (χ1) is 22.0. The molecule has 3 unspecified atom stereocenters. The third-order valence-electron chi connectivity index (χ3n) is 10.4. The Hall–Kier alpha value is -3.59. The maximum atomic E-state index is 16.8. The summed E-state index contributed by atoms with van der Waals surface area (Å²) >= 11 is 0. The summed E-state index contributed by atoms with van der Waals surface area (Å²) in [5, 5.41) is 3.44. The van der Waals surface area contributed by atoms with Gasteiger partial charge in [0, 0.05) is 31.6 Å². The van der Waals surface area contributed by atoms with E-state index in [4.69, 9.17) is 15.2 Å². The van der Waals surface area contributed by atoms with Crippen molar-refractivity contribution in [1.82, 2.24) is 25.2 Å². The molecule has 0 aliphatic carbocycles. The van der Waals surface area contributed by atoms with Crippen LogP contribution in [-0.4, -0.2) is 82.5 Å². The van der Waals surface area contributed by atoms with Gasteiger partial charge >= 0.3 is 12.2 Å². The van der Waals surface area contributed by atoms with Gasteiger partial charge in [0.2, 0.25) is 0 Å². The highest BCUT2D eigenvalue weighted by Crippen LogP contribution is 2.49. The zero-order valence-corrected chi connectivity index (χ0v) is 25.1. The Morgan fingerprint density at radius 1 is 1.15 bits per heavy atom. The number of aromatic nitrogens is 3. The van der Waals surface area contributed by atoms with Gasteiger partial charge in [-0.1, -0.05) is 6.92 Å². The number of nitrogens with two attached hydrogens (primary N) is 1. The van der Waals surface area contributed by atoms with Crippen LogP contribution in [-0.2, 0) is 12.6 Å². The van der Waals surface area contributed by atoms with Crippen molar-refractivity contribution in [1.29, 1.82) is 0 Å². The van der Waals surface area contributed by atoms with Crippen LogP contribution in [0.1, 0.15) is 50.2 Å². The standard InChI is InChI=1S/C31H33F6N7O2/c1-2-14-8-19(38)40-25(22(14)31(35,36)37)20-23(33)26-21-27(24(20)34)45-12-18-17-5-4-16(39-17)11-44(18)28(21)42-29(41-26)46-13-30-6-3-7-43(30)10-15(32)9-30/h8,15-18,39H,2-7,9-13H2,1H3,(H2,38,40)/t15-,16?,17?,18?,30+/m1/s1. The number of nitrogens with zero attached hydrogens (tertiary/aromatic N) is 5. The summed E-state index contributed by atoms with van der Waals surface area (Å²) in [7, 11) is 0. The molecule has 2 bridgehead atoms. The van der Waals surface area contributed by atoms with Crippen LogP contribution >= 0.6 is 0 Å². The molecule has 3 N–H and O–H groups in total. The van der Waals surface area contributed by atoms with Gasteiger partial charge in [-0.15, -0.1) is 0 Å². The second-order valence-electron chi connectivity index (χ2n) is 13.1. The molecule has 5 atom stereocenters. The number of pyridine rings is 1. The van der Waals surface area contributed by atoms with E-state index in [1.807, 2.05) is 9.80 Å². The predicted molar refractivity (Wildman–Crippen MR) is 157 cm³/mol. The van der Waals surface area contributed by atoms with Crippen molar-refractivity contribution in [2.45, 2.75) is 81.5 Å². The first-order valence-corrected chi connectivity index (χ1v) is 15.7. The molecule has 3 aromatic rings. The molecule has 0 saturated carbocycles. The van der Waals surface area contributed by atoms with Crippen molar-refractivity contribution in [3.8, 4) is 23.0 Å². The molecule has 46 heavy (non-hydrogen) atoms. The summed E-state index contributed by atoms with van der Waals surface area (Å²) in [6.07, 6.45) is -2.53. The maximum Gasteiger partial charge on any atom is 0.418 e. The number of ether oxygens (including phenoxy) is 2. The van der Waals surface area contributed by atoms with E-state index in [1.165, 1.54) is 6.92 Å². The molecule has 7 heterocycles. The van der Waals surface area contributed by atoms with Gasteiger partial charge in [-0.2, -0.15) is 23.1 Å². The molecule has 15 heteroatoms. The molecule has 9 nitrogen and oxygen atoms in total. The molecule has 4 saturated heterocycles. The fourth-order valence-corrected chi connectivity index (χ4v) is 8.40. The van der Waals surface area contributed by atoms with E-state index < -0.39 is 57.6 Å². The molecular formula is C31H33F6N7O2. The third-order valence-corrected chi connectivity index (χ3v) is 10.4. The van der Waals surface area contributed by atoms with Crippen LogP contribution in [0, 0.1) is 11.6 Å². The first-order valence-electron chi connectivity index (χ1n) is 15.7. The van der Waals surface area contributed by atoms with E-state index in [0.29, 0.717) is 19.5 Å². The minimum absolute atomic E-state index is 0.0271. The molecule has 5 aliphatic heterocycles. The Morgan fingerprint density at radius 3 is 2.76 bits per heavy atom. The number of hydrogen-bond donors (Lipinski definition) is 2. The summed E-state index contributed by atoms with van der Waals surface area (Å²) in [5.74, 6) is -3.29. The van der Waals surface area contributed by atoms with Crippen LogP contribution in [0.5, 0.6) is 11.8 Å². The molecule has 0 radical (unpaired) electrons. The Labute approximate surface area is 260 Å². The smallest absolute Gasteiger partial charge is 0.418 e. The lowest BCUT2D eigenvalue weighted by Crippen LogP contribution is -2.60. The van der Waals surface area contributed by atoms with Gasteiger partial charge in [0.05, 0.1) is 33.8 Å². The lowest BCUT2D eigenvalue weighted by atomic mass is 9.95. The highest BCUT2D eigenvalue weighted by atomic mass is 19.4. The van der Waals surface area contributed by atoms with E-state index in [-0.39, 0.29) is 72.8 Å². The number of nitrogen functional groups attached to an aromatic ring is 1. The van der Waals surface area contributed by atoms with Gasteiger partial charge in [-0.3, -0.25) is 4.90 Å². The zero-order valence-electron chi connectivity index (χ0n) is 25.1. The number of anilines is 2. The van der Waals surface area contributed by atoms with Gasteiger partial charge in [-0.05, 0) is 50.3 Å². The topological polar surface area (TPSA) is 102 Å². The SMILES string of the molecule is CCc1cc(N)nc(-c2c(F)c3c4c(nc(OC[C@@]56CCCN5C[C@H](F)C6)nc4c2F)N2CC4CCC(N4)C2CO3)c1C(F)(F)F. The minimum atomic E-state index is -5.00. The average molecular weight is 650 g/mol. The van der Waals surface area contributed by atoms with Gasteiger partial charge in [0.15, 0.2) is 17.4 Å². The largest absolute Gasteiger partial charge is 0.487 e. The number of nitrogens with one attached hydrogen (secondary N) is 1. The monoisotopic (exact) mass is 649 g/mol. The third kappa shape index (κ3) is 4.48. The minimum Gasteiger partial charge on any atom is -0.487 e. The number of alkyl halides is 4. The van der Waals surface area contributed by atoms with E-state index in [1.54, 1.807) is 0 Å². The molecule has 4 fully saturated rings. The molecule has 0 amide bonds. The van der Waals surface area contributed by atoms with Gasteiger partial charge < -0.3 is 25.4 Å². The van der Waals surface area contributed by atoms with Crippen LogP contribution in [0.25, 0.3) is 22.2 Å². The highest BCUT2D eigenvalue weighted by molar-refractivity contribution is 5.99. The fourth-order valence-electron chi connectivity index (χ4n) is 8.40. The van der Waals surface area contributed by atoms with Crippen molar-refractivity contribution >= 4 is 22.5 Å². The Balaban J connectivity index is 1.34. The fraction of sp³-hybridized carbons (Fsp3) is 0.581. The van der Waals surface area contributed by atoms with Crippen LogP contribution in [0.15, 0.2) is 6.07 Å². The number of benzene rings is 1. The molecule has 246 valence electrons. The van der Waals surface area contributed by atoms with Gasteiger partial charge in [0.1, 0.15) is 36.5 Å². The van der Waals surface area contributed by atoms with Gasteiger partial charge in [0.25, 0.3) is 0 Å². The van der Waals surface area contributed by atoms with Crippen molar-refractivity contribution in [2.75, 3.05) is 43.5 Å². The summed E-state index contributed by atoms with van der Waals surface area (Å²) in [6.45, 7) is 3.00. The van der Waals surface area contributed by atoms with Crippen LogP contribution < -0.4 is 25.4 Å². The van der Waals surface area contributed by atoms with Crippen LogP contribution in [0.3, 0.4) is 0 Å². The average Bonchev–Trinajstić information content (AvgIpc) is 3.63. The number of piperazine rings is 1. The van der Waals surface area contributed by atoms with E-state index >= 15 is 8.78 Å². The lowest BCUT2D eigenvalue weighted by molar-refractivity contribution is -0.137. The first kappa shape index (κ1) is 29.8. The van der Waals surface area contributed by atoms with Crippen molar-refractivity contribution in [3.63, 3.8) is 0 Å². The van der Waals surface area contributed by atoms with Crippen LogP contribution in [0.4, 0.5) is 38.0 Å². The van der Waals surface area contributed by atoms with Crippen molar-refractivity contribution < 1.29 is 35.8 Å². The number of hydrogen-bond acceptors (Lipinski definition) is 9. The summed E-state index contributed by atoms with van der Waals surface area (Å²) in [4.78, 5) is 16.8. The van der Waals surface area contributed by atoms with Crippen molar-refractivity contribution in [2.24, 2.45) is 0 Å². The van der Waals surface area contributed by atoms with E-state index in [0.717, 1.165) is 31.9 Å². The Bertz CT molecular complexity index is 1740. The number of rotatable bonds is 5. The maximum absolute atomic E-state index is 16.8. The Morgan fingerprint density at radius 2 is 1.98 bits per heavy atom. The second-order valence-corrected chi connectivity index (χ2v) is 13.1. The Kier molecular flexibility index (Phi) is 6.77. The number of fused-ring (bicyclic) bond motifs is 6. The molecule has 5 aliphatic rings. The molecule has 0 spiro atoms. The lowest BCUT2D eigenvalue weighted by Gasteiger charge is -2.40. The zero-order chi connectivity index (χ0) is 32.1. The molecule has 2 aromatic heterocycles.